The van der Waals surface area contributed by atoms with Gasteiger partial charge in [-0.25, -0.2) is 0 Å². The van der Waals surface area contributed by atoms with Crippen molar-refractivity contribution in [1.82, 2.24) is 15.0 Å². The summed E-state index contributed by atoms with van der Waals surface area (Å²) in [7, 11) is 0. The van der Waals surface area contributed by atoms with E-state index >= 15 is 0 Å². The van der Waals surface area contributed by atoms with E-state index in [0.717, 1.165) is 13.0 Å². The fourth-order valence-electron chi connectivity index (χ4n) is 1.52. The second-order valence-electron chi connectivity index (χ2n) is 3.75. The van der Waals surface area contributed by atoms with E-state index in [2.05, 4.69) is 17.1 Å². The highest BCUT2D eigenvalue weighted by molar-refractivity contribution is 5.71. The molecule has 0 aromatic carbocycles. The monoisotopic (exact) mass is 241 g/mol. The molecular weight excluding hydrogens is 222 g/mol. The van der Waals surface area contributed by atoms with Crippen LogP contribution in [0.4, 0.5) is 0 Å². The minimum Gasteiger partial charge on any atom is -0.465 e. The largest absolute Gasteiger partial charge is 0.465 e. The van der Waals surface area contributed by atoms with Crippen LogP contribution in [-0.2, 0) is 16.1 Å². The van der Waals surface area contributed by atoms with Gasteiger partial charge in [0.05, 0.1) is 19.7 Å². The number of hydrogen-bond donors (Lipinski definition) is 0. The molecular formula is C11H19N3O3. The molecule has 0 saturated heterocycles. The van der Waals surface area contributed by atoms with Crippen LogP contribution in [-0.4, -0.2) is 40.7 Å². The van der Waals surface area contributed by atoms with Crippen molar-refractivity contribution in [3.8, 4) is 0 Å². The van der Waals surface area contributed by atoms with Crippen LogP contribution in [0, 0.1) is 6.92 Å². The summed E-state index contributed by atoms with van der Waals surface area (Å²) in [6.45, 7) is 7.56. The summed E-state index contributed by atoms with van der Waals surface area (Å²) in [5.74, 6) is 0.911. The molecule has 0 aliphatic rings. The summed E-state index contributed by atoms with van der Waals surface area (Å²) in [5, 5.41) is 3.81. The topological polar surface area (TPSA) is 68.5 Å². The summed E-state index contributed by atoms with van der Waals surface area (Å²) in [6, 6.07) is 0. The highest BCUT2D eigenvalue weighted by Crippen LogP contribution is 2.02. The zero-order valence-electron chi connectivity index (χ0n) is 10.6. The average Bonchev–Trinajstić information content (AvgIpc) is 2.64. The molecule has 1 aromatic heterocycles. The minimum absolute atomic E-state index is 0.221. The van der Waals surface area contributed by atoms with Crippen LogP contribution in [0.25, 0.3) is 0 Å². The molecule has 0 N–H and O–H groups in total. The lowest BCUT2D eigenvalue weighted by Gasteiger charge is -2.18. The predicted molar refractivity (Wildman–Crippen MR) is 61.2 cm³/mol. The Labute approximate surface area is 101 Å². The predicted octanol–water partition coefficient (Wildman–Crippen LogP) is 1.15. The normalized spacial score (nSPS) is 10.8. The number of carbonyl (C=O) groups is 1. The third-order valence-corrected chi connectivity index (χ3v) is 2.13. The van der Waals surface area contributed by atoms with E-state index in [1.165, 1.54) is 0 Å². The molecule has 96 valence electrons. The van der Waals surface area contributed by atoms with Gasteiger partial charge in [-0.15, -0.1) is 0 Å². The molecule has 0 bridgehead atoms. The number of nitrogens with zero attached hydrogens (tertiary/aromatic N) is 3. The Bertz CT molecular complexity index is 351. The van der Waals surface area contributed by atoms with Crippen molar-refractivity contribution in [3.05, 3.63) is 11.7 Å². The third-order valence-electron chi connectivity index (χ3n) is 2.13. The molecule has 1 aromatic rings. The molecule has 1 rings (SSSR count). The molecule has 0 fully saturated rings. The van der Waals surface area contributed by atoms with Crippen LogP contribution in [0.2, 0.25) is 0 Å². The zero-order valence-corrected chi connectivity index (χ0v) is 10.6. The molecule has 0 unspecified atom stereocenters. The van der Waals surface area contributed by atoms with Gasteiger partial charge in [-0.05, 0) is 19.9 Å². The van der Waals surface area contributed by atoms with Gasteiger partial charge in [0, 0.05) is 6.92 Å². The Morgan fingerprint density at radius 2 is 2.24 bits per heavy atom. The van der Waals surface area contributed by atoms with Gasteiger partial charge in [-0.2, -0.15) is 4.98 Å². The smallest absolute Gasteiger partial charge is 0.320 e. The molecule has 6 heteroatoms. The van der Waals surface area contributed by atoms with E-state index in [-0.39, 0.29) is 12.5 Å². The summed E-state index contributed by atoms with van der Waals surface area (Å²) >= 11 is 0. The second kappa shape index (κ2) is 7.01. The maximum absolute atomic E-state index is 11.4. The first-order chi connectivity index (χ1) is 8.15. The maximum Gasteiger partial charge on any atom is 0.320 e. The lowest BCUT2D eigenvalue weighted by atomic mass is 10.4. The number of esters is 1. The van der Waals surface area contributed by atoms with E-state index in [1.807, 2.05) is 4.90 Å². The molecule has 1 heterocycles. The Hall–Kier alpha value is -1.43. The van der Waals surface area contributed by atoms with Crippen molar-refractivity contribution in [2.24, 2.45) is 0 Å². The van der Waals surface area contributed by atoms with Gasteiger partial charge >= 0.3 is 5.97 Å². The van der Waals surface area contributed by atoms with Crippen LogP contribution in [0.5, 0.6) is 0 Å². The first-order valence-corrected chi connectivity index (χ1v) is 5.82. The van der Waals surface area contributed by atoms with Gasteiger partial charge in [0.15, 0.2) is 5.82 Å². The Morgan fingerprint density at radius 3 is 2.76 bits per heavy atom. The van der Waals surface area contributed by atoms with E-state index in [0.29, 0.717) is 24.9 Å². The van der Waals surface area contributed by atoms with Crippen molar-refractivity contribution < 1.29 is 14.1 Å². The van der Waals surface area contributed by atoms with Crippen molar-refractivity contribution in [2.45, 2.75) is 33.7 Å². The van der Waals surface area contributed by atoms with Gasteiger partial charge < -0.3 is 9.26 Å². The number of rotatable bonds is 7. The number of ether oxygens (including phenoxy) is 1. The van der Waals surface area contributed by atoms with Gasteiger partial charge in [0.2, 0.25) is 5.89 Å². The molecule has 6 nitrogen and oxygen atoms in total. The first kappa shape index (κ1) is 13.6. The van der Waals surface area contributed by atoms with Gasteiger partial charge in [-0.1, -0.05) is 12.1 Å². The fourth-order valence-corrected chi connectivity index (χ4v) is 1.52. The number of carbonyl (C=O) groups excluding carboxylic acids is 1. The first-order valence-electron chi connectivity index (χ1n) is 5.82. The number of aryl methyl sites for hydroxylation is 1. The number of aromatic nitrogens is 2. The van der Waals surface area contributed by atoms with E-state index in [9.17, 15) is 4.79 Å². The minimum atomic E-state index is -0.221. The molecule has 0 atom stereocenters. The highest BCUT2D eigenvalue weighted by atomic mass is 16.5. The van der Waals surface area contributed by atoms with Crippen LogP contribution in [0.3, 0.4) is 0 Å². The van der Waals surface area contributed by atoms with Crippen LogP contribution >= 0.6 is 0 Å². The van der Waals surface area contributed by atoms with Crippen LogP contribution < -0.4 is 0 Å². The van der Waals surface area contributed by atoms with Crippen molar-refractivity contribution in [1.29, 1.82) is 0 Å². The summed E-state index contributed by atoms with van der Waals surface area (Å²) in [6.07, 6.45) is 0.955. The van der Waals surface area contributed by atoms with Crippen LogP contribution in [0.1, 0.15) is 32.0 Å². The standard InChI is InChI=1S/C11H19N3O3/c1-4-6-14(8-11(15)16-5-2)7-10-12-9(3)17-13-10/h4-8H2,1-3H3. The zero-order chi connectivity index (χ0) is 12.7. The molecule has 0 saturated carbocycles. The molecule has 0 radical (unpaired) electrons. The fraction of sp³-hybridized carbons (Fsp3) is 0.727. The molecule has 17 heavy (non-hydrogen) atoms. The van der Waals surface area contributed by atoms with E-state index < -0.39 is 0 Å². The lowest BCUT2D eigenvalue weighted by molar-refractivity contribution is -0.144. The van der Waals surface area contributed by atoms with Crippen molar-refractivity contribution >= 4 is 5.97 Å². The molecule has 0 aliphatic heterocycles. The highest BCUT2D eigenvalue weighted by Gasteiger charge is 2.14. The van der Waals surface area contributed by atoms with E-state index in [4.69, 9.17) is 9.26 Å². The average molecular weight is 241 g/mol. The lowest BCUT2D eigenvalue weighted by Crippen LogP contribution is -2.31. The Balaban J connectivity index is 2.50. The summed E-state index contributed by atoms with van der Waals surface area (Å²) in [5.41, 5.74) is 0. The van der Waals surface area contributed by atoms with E-state index in [1.54, 1.807) is 13.8 Å². The van der Waals surface area contributed by atoms with Crippen molar-refractivity contribution in [2.75, 3.05) is 19.7 Å². The second-order valence-corrected chi connectivity index (χ2v) is 3.75. The summed E-state index contributed by atoms with van der Waals surface area (Å²) < 4.78 is 9.81. The quantitative estimate of drug-likeness (QED) is 0.667. The SMILES string of the molecule is CCCN(CC(=O)OCC)Cc1noc(C)n1. The number of hydrogen-bond acceptors (Lipinski definition) is 6. The van der Waals surface area contributed by atoms with Crippen molar-refractivity contribution in [3.63, 3.8) is 0 Å². The van der Waals surface area contributed by atoms with Gasteiger partial charge in [-0.3, -0.25) is 9.69 Å². The third kappa shape index (κ3) is 4.95. The Morgan fingerprint density at radius 1 is 1.47 bits per heavy atom. The van der Waals surface area contributed by atoms with Crippen LogP contribution in [0.15, 0.2) is 4.52 Å². The Kier molecular flexibility index (Phi) is 5.62. The maximum atomic E-state index is 11.4. The molecule has 0 amide bonds. The molecule has 0 aliphatic carbocycles. The van der Waals surface area contributed by atoms with Gasteiger partial charge in [0.1, 0.15) is 0 Å². The molecule has 0 spiro atoms. The van der Waals surface area contributed by atoms with Gasteiger partial charge in [0.25, 0.3) is 0 Å². The summed E-state index contributed by atoms with van der Waals surface area (Å²) in [4.78, 5) is 17.5.